The van der Waals surface area contributed by atoms with E-state index in [0.29, 0.717) is 18.7 Å². The summed E-state index contributed by atoms with van der Waals surface area (Å²) in [4.78, 5) is 14.6. The minimum atomic E-state index is -3.68. The lowest BCUT2D eigenvalue weighted by Gasteiger charge is -2.34. The number of sulfonamides is 1. The predicted octanol–water partition coefficient (Wildman–Crippen LogP) is 3.07. The smallest absolute Gasteiger partial charge is 0.253 e. The number of carbonyl (C=O) groups excluding carboxylic acids is 1. The number of anilines is 1. The summed E-state index contributed by atoms with van der Waals surface area (Å²) in [5.41, 5.74) is 2.64. The lowest BCUT2D eigenvalue weighted by molar-refractivity contribution is 0.0698. The highest BCUT2D eigenvalue weighted by atomic mass is 35.5. The maximum Gasteiger partial charge on any atom is 0.253 e. The van der Waals surface area contributed by atoms with Crippen LogP contribution in [0.4, 0.5) is 5.69 Å². The van der Waals surface area contributed by atoms with E-state index >= 15 is 0 Å². The number of hydrazone groups is 1. The molecule has 158 valence electrons. The molecule has 30 heavy (non-hydrogen) atoms. The van der Waals surface area contributed by atoms with Crippen LogP contribution < -0.4 is 5.01 Å². The van der Waals surface area contributed by atoms with Crippen LogP contribution in [0.5, 0.6) is 0 Å². The van der Waals surface area contributed by atoms with E-state index in [2.05, 4.69) is 5.10 Å². The number of halogens is 1. The number of carbonyl (C=O) groups is 1. The van der Waals surface area contributed by atoms with Crippen molar-refractivity contribution < 1.29 is 13.2 Å². The molecule has 7 nitrogen and oxygen atoms in total. The molecule has 0 unspecified atom stereocenters. The summed E-state index contributed by atoms with van der Waals surface area (Å²) in [6.07, 6.45) is 0.946. The molecule has 2 aliphatic rings. The molecule has 0 bridgehead atoms. The minimum Gasteiger partial charge on any atom is -0.336 e. The van der Waals surface area contributed by atoms with Crippen molar-refractivity contribution in [1.82, 2.24) is 9.21 Å². The zero-order valence-electron chi connectivity index (χ0n) is 16.7. The standard InChI is InChI=1S/C21H23ClN4O3S/c1-16-10-11-26(23-16)18-8-6-17(7-9-18)21(27)24-12-14-25(15-13-24)30(28,29)20-5-3-2-4-19(20)22/h2-9H,10-15H2,1H3. The van der Waals surface area contributed by atoms with Gasteiger partial charge in [-0.3, -0.25) is 9.80 Å². The largest absolute Gasteiger partial charge is 0.336 e. The molecule has 1 fully saturated rings. The molecule has 0 atom stereocenters. The fourth-order valence-corrected chi connectivity index (χ4v) is 5.56. The molecule has 4 rings (SSSR count). The van der Waals surface area contributed by atoms with Gasteiger partial charge in [-0.1, -0.05) is 23.7 Å². The van der Waals surface area contributed by atoms with Crippen molar-refractivity contribution in [3.05, 3.63) is 59.1 Å². The molecule has 9 heteroatoms. The van der Waals surface area contributed by atoms with Crippen LogP contribution in [0.2, 0.25) is 5.02 Å². The van der Waals surface area contributed by atoms with Gasteiger partial charge in [0.15, 0.2) is 0 Å². The highest BCUT2D eigenvalue weighted by molar-refractivity contribution is 7.89. The number of hydrogen-bond acceptors (Lipinski definition) is 5. The second-order valence-electron chi connectivity index (χ2n) is 7.38. The first kappa shape index (κ1) is 20.8. The molecule has 0 radical (unpaired) electrons. The lowest BCUT2D eigenvalue weighted by atomic mass is 10.1. The number of piperazine rings is 1. The van der Waals surface area contributed by atoms with Gasteiger partial charge in [-0.25, -0.2) is 8.42 Å². The monoisotopic (exact) mass is 446 g/mol. The van der Waals surface area contributed by atoms with Gasteiger partial charge >= 0.3 is 0 Å². The molecule has 2 aromatic carbocycles. The van der Waals surface area contributed by atoms with Gasteiger partial charge in [-0.15, -0.1) is 0 Å². The van der Waals surface area contributed by atoms with Gasteiger partial charge in [-0.2, -0.15) is 9.41 Å². The zero-order valence-corrected chi connectivity index (χ0v) is 18.2. The molecule has 1 amide bonds. The Labute approximate surface area is 181 Å². The Morgan fingerprint density at radius 1 is 0.967 bits per heavy atom. The average Bonchev–Trinajstić information content (AvgIpc) is 3.20. The van der Waals surface area contributed by atoms with Gasteiger partial charge in [-0.05, 0) is 43.3 Å². The van der Waals surface area contributed by atoms with Crippen LogP contribution in [0.25, 0.3) is 0 Å². The van der Waals surface area contributed by atoms with Crippen molar-refractivity contribution in [3.8, 4) is 0 Å². The topological polar surface area (TPSA) is 73.3 Å². The summed E-state index contributed by atoms with van der Waals surface area (Å²) < 4.78 is 27.1. The van der Waals surface area contributed by atoms with Crippen LogP contribution in [0, 0.1) is 0 Å². The summed E-state index contributed by atoms with van der Waals surface area (Å²) in [6.45, 7) is 3.99. The molecule has 0 spiro atoms. The SMILES string of the molecule is CC1=NN(c2ccc(C(=O)N3CCN(S(=O)(=O)c4ccccc4Cl)CC3)cc2)CC1. The van der Waals surface area contributed by atoms with Crippen LogP contribution in [0.1, 0.15) is 23.7 Å². The summed E-state index contributed by atoms with van der Waals surface area (Å²) in [7, 11) is -3.68. The summed E-state index contributed by atoms with van der Waals surface area (Å²) >= 11 is 6.07. The van der Waals surface area contributed by atoms with Crippen molar-refractivity contribution in [2.75, 3.05) is 37.7 Å². The van der Waals surface area contributed by atoms with E-state index in [1.54, 1.807) is 35.2 Å². The average molecular weight is 447 g/mol. The van der Waals surface area contributed by atoms with Gasteiger partial charge < -0.3 is 4.90 Å². The molecule has 0 N–H and O–H groups in total. The van der Waals surface area contributed by atoms with Crippen LogP contribution in [-0.4, -0.2) is 62.0 Å². The van der Waals surface area contributed by atoms with E-state index in [-0.39, 0.29) is 28.9 Å². The van der Waals surface area contributed by atoms with Crippen molar-refractivity contribution >= 4 is 38.9 Å². The Hall–Kier alpha value is -2.42. The van der Waals surface area contributed by atoms with Gasteiger partial charge in [0.05, 0.1) is 10.7 Å². The zero-order chi connectivity index (χ0) is 21.3. The fraction of sp³-hybridized carbons (Fsp3) is 0.333. The van der Waals surface area contributed by atoms with Crippen molar-refractivity contribution in [3.63, 3.8) is 0 Å². The van der Waals surface area contributed by atoms with E-state index in [0.717, 1.165) is 24.4 Å². The molecule has 0 aromatic heterocycles. The molecule has 0 saturated carbocycles. The summed E-state index contributed by atoms with van der Waals surface area (Å²) in [5, 5.41) is 6.60. The maximum atomic E-state index is 12.9. The van der Waals surface area contributed by atoms with E-state index in [1.165, 1.54) is 10.4 Å². The molecule has 1 saturated heterocycles. The Morgan fingerprint density at radius 3 is 2.23 bits per heavy atom. The first-order chi connectivity index (χ1) is 14.4. The maximum absolute atomic E-state index is 12.9. The highest BCUT2D eigenvalue weighted by Gasteiger charge is 2.31. The third-order valence-electron chi connectivity index (χ3n) is 5.37. The molecule has 2 aromatic rings. The minimum absolute atomic E-state index is 0.0989. The predicted molar refractivity (Wildman–Crippen MR) is 118 cm³/mol. The van der Waals surface area contributed by atoms with Gasteiger partial charge in [0.2, 0.25) is 10.0 Å². The molecular formula is C21H23ClN4O3S. The first-order valence-electron chi connectivity index (χ1n) is 9.82. The van der Waals surface area contributed by atoms with E-state index in [1.807, 2.05) is 24.1 Å². The molecule has 0 aliphatic carbocycles. The number of rotatable bonds is 4. The van der Waals surface area contributed by atoms with E-state index < -0.39 is 10.0 Å². The first-order valence-corrected chi connectivity index (χ1v) is 11.6. The van der Waals surface area contributed by atoms with Crippen LogP contribution in [0.3, 0.4) is 0 Å². The Morgan fingerprint density at radius 2 is 1.63 bits per heavy atom. The number of benzene rings is 2. The second-order valence-corrected chi connectivity index (χ2v) is 9.70. The van der Waals surface area contributed by atoms with Crippen molar-refractivity contribution in [2.45, 2.75) is 18.2 Å². The normalized spacial score (nSPS) is 17.9. The number of hydrogen-bond donors (Lipinski definition) is 0. The van der Waals surface area contributed by atoms with Gasteiger partial charge in [0, 0.05) is 50.4 Å². The highest BCUT2D eigenvalue weighted by Crippen LogP contribution is 2.25. The third-order valence-corrected chi connectivity index (χ3v) is 7.77. The number of nitrogens with zero attached hydrogens (tertiary/aromatic N) is 4. The summed E-state index contributed by atoms with van der Waals surface area (Å²) in [5.74, 6) is -0.0996. The Balaban J connectivity index is 1.40. The van der Waals surface area contributed by atoms with Gasteiger partial charge in [0.1, 0.15) is 4.90 Å². The molecule has 2 aliphatic heterocycles. The van der Waals surface area contributed by atoms with Gasteiger partial charge in [0.25, 0.3) is 5.91 Å². The van der Waals surface area contributed by atoms with Crippen LogP contribution >= 0.6 is 11.6 Å². The van der Waals surface area contributed by atoms with Crippen LogP contribution in [0.15, 0.2) is 58.5 Å². The summed E-state index contributed by atoms with van der Waals surface area (Å²) in [6, 6.07) is 13.8. The van der Waals surface area contributed by atoms with Crippen molar-refractivity contribution in [1.29, 1.82) is 0 Å². The molecule has 2 heterocycles. The van der Waals surface area contributed by atoms with E-state index in [4.69, 9.17) is 11.6 Å². The van der Waals surface area contributed by atoms with Crippen LogP contribution in [-0.2, 0) is 10.0 Å². The fourth-order valence-electron chi connectivity index (χ4n) is 3.64. The van der Waals surface area contributed by atoms with E-state index in [9.17, 15) is 13.2 Å². The number of amides is 1. The lowest BCUT2D eigenvalue weighted by Crippen LogP contribution is -2.50. The molecular weight excluding hydrogens is 424 g/mol. The second kappa shape index (κ2) is 8.37. The Kier molecular flexibility index (Phi) is 5.81. The van der Waals surface area contributed by atoms with Crippen molar-refractivity contribution in [2.24, 2.45) is 5.10 Å². The third kappa shape index (κ3) is 4.08. The Bertz CT molecular complexity index is 1080. The quantitative estimate of drug-likeness (QED) is 0.723.